The number of aliphatic hydroxyl groups excluding tert-OH is 1. The van der Waals surface area contributed by atoms with Crippen molar-refractivity contribution in [1.82, 2.24) is 0 Å². The van der Waals surface area contributed by atoms with Gasteiger partial charge in [0.15, 0.2) is 0 Å². The van der Waals surface area contributed by atoms with E-state index >= 15 is 0 Å². The van der Waals surface area contributed by atoms with Crippen LogP contribution in [0.3, 0.4) is 0 Å². The molecular formula is C5H9IOSZn. The SMILES string of the molecule is CCC(CO)C(=S)I.[Zn]. The Balaban J connectivity index is 0. The van der Waals surface area contributed by atoms with Gasteiger partial charge in [0.1, 0.15) is 0 Å². The van der Waals surface area contributed by atoms with Gasteiger partial charge < -0.3 is 5.11 Å². The molecule has 0 fully saturated rings. The third-order valence-electron chi connectivity index (χ3n) is 1.03. The van der Waals surface area contributed by atoms with Gasteiger partial charge in [0, 0.05) is 25.4 Å². The van der Waals surface area contributed by atoms with Gasteiger partial charge in [-0.15, -0.1) is 0 Å². The van der Waals surface area contributed by atoms with Crippen molar-refractivity contribution in [1.29, 1.82) is 0 Å². The predicted octanol–water partition coefficient (Wildman–Crippen LogP) is 1.76. The number of aliphatic hydroxyl groups is 1. The van der Waals surface area contributed by atoms with Crippen LogP contribution in [-0.2, 0) is 19.5 Å². The van der Waals surface area contributed by atoms with Crippen LogP contribution in [0.25, 0.3) is 0 Å². The predicted molar refractivity (Wildman–Crippen MR) is 47.5 cm³/mol. The smallest absolute Gasteiger partial charge is 0.0588 e. The van der Waals surface area contributed by atoms with Crippen LogP contribution in [0.15, 0.2) is 0 Å². The van der Waals surface area contributed by atoms with Crippen molar-refractivity contribution >= 4 is 37.7 Å². The Morgan fingerprint density at radius 2 is 2.22 bits per heavy atom. The van der Waals surface area contributed by atoms with E-state index in [1.54, 1.807) is 0 Å². The number of hydrogen-bond acceptors (Lipinski definition) is 2. The van der Waals surface area contributed by atoms with Crippen LogP contribution in [-0.4, -0.2) is 14.6 Å². The monoisotopic (exact) mass is 308 g/mol. The summed E-state index contributed by atoms with van der Waals surface area (Å²) in [6, 6.07) is 0. The molecule has 0 aromatic rings. The molecule has 4 heteroatoms. The summed E-state index contributed by atoms with van der Waals surface area (Å²) in [4.78, 5) is 0. The maximum absolute atomic E-state index is 8.60. The molecule has 0 aromatic heterocycles. The molecule has 1 atom stereocenters. The van der Waals surface area contributed by atoms with Crippen molar-refractivity contribution in [3.8, 4) is 0 Å². The van der Waals surface area contributed by atoms with Gasteiger partial charge in [-0.2, -0.15) is 0 Å². The standard InChI is InChI=1S/C5H9IOS.Zn/c1-2-4(3-7)5(6)8;/h4,7H,2-3H2,1H3;. The Morgan fingerprint density at radius 3 is 2.22 bits per heavy atom. The van der Waals surface area contributed by atoms with E-state index in [0.717, 1.165) is 9.29 Å². The molecule has 0 aliphatic heterocycles. The first-order valence-corrected chi connectivity index (χ1v) is 4.01. The van der Waals surface area contributed by atoms with Gasteiger partial charge in [-0.05, 0) is 29.0 Å². The zero-order valence-corrected chi connectivity index (χ0v) is 11.4. The molecule has 1 nitrogen and oxygen atoms in total. The van der Waals surface area contributed by atoms with Crippen molar-refractivity contribution in [2.45, 2.75) is 13.3 Å². The van der Waals surface area contributed by atoms with E-state index in [-0.39, 0.29) is 32.0 Å². The molecule has 0 saturated heterocycles. The maximum Gasteiger partial charge on any atom is 0.0588 e. The number of rotatable bonds is 3. The summed E-state index contributed by atoms with van der Waals surface area (Å²) in [6.45, 7) is 2.21. The second-order valence-corrected chi connectivity index (χ2v) is 3.93. The minimum atomic E-state index is 0. The van der Waals surface area contributed by atoms with Gasteiger partial charge in [-0.3, -0.25) is 0 Å². The van der Waals surface area contributed by atoms with Crippen molar-refractivity contribution in [3.63, 3.8) is 0 Å². The third-order valence-corrected chi connectivity index (χ3v) is 2.25. The van der Waals surface area contributed by atoms with Crippen LogP contribution in [0.1, 0.15) is 13.3 Å². The van der Waals surface area contributed by atoms with Crippen LogP contribution in [0, 0.1) is 5.92 Å². The first-order valence-electron chi connectivity index (χ1n) is 2.52. The summed E-state index contributed by atoms with van der Waals surface area (Å²) in [7, 11) is 0. The van der Waals surface area contributed by atoms with Crippen molar-refractivity contribution in [2.24, 2.45) is 5.92 Å². The van der Waals surface area contributed by atoms with Gasteiger partial charge in [-0.25, -0.2) is 0 Å². The van der Waals surface area contributed by atoms with E-state index in [0.29, 0.717) is 0 Å². The molecule has 0 aliphatic carbocycles. The van der Waals surface area contributed by atoms with Crippen LogP contribution in [0.4, 0.5) is 0 Å². The maximum atomic E-state index is 8.60. The second-order valence-electron chi connectivity index (χ2n) is 1.59. The van der Waals surface area contributed by atoms with Crippen LogP contribution >= 0.6 is 34.8 Å². The van der Waals surface area contributed by atoms with E-state index < -0.39 is 0 Å². The summed E-state index contributed by atoms with van der Waals surface area (Å²) in [5.41, 5.74) is 0. The fourth-order valence-electron chi connectivity index (χ4n) is 0.361. The number of hydrogen-bond donors (Lipinski definition) is 1. The van der Waals surface area contributed by atoms with Crippen molar-refractivity contribution < 1.29 is 24.6 Å². The molecule has 1 N–H and O–H groups in total. The van der Waals surface area contributed by atoms with E-state index in [9.17, 15) is 0 Å². The van der Waals surface area contributed by atoms with Crippen LogP contribution < -0.4 is 0 Å². The zero-order valence-electron chi connectivity index (χ0n) is 5.43. The number of halogens is 1. The Labute approximate surface area is 87.5 Å². The largest absolute Gasteiger partial charge is 0.396 e. The van der Waals surface area contributed by atoms with Gasteiger partial charge >= 0.3 is 0 Å². The summed E-state index contributed by atoms with van der Waals surface area (Å²) >= 11 is 6.92. The molecule has 1 unspecified atom stereocenters. The van der Waals surface area contributed by atoms with Gasteiger partial charge in [0.2, 0.25) is 0 Å². The first-order chi connectivity index (χ1) is 3.72. The Hall–Kier alpha value is 1.40. The molecule has 0 amide bonds. The molecule has 0 heterocycles. The van der Waals surface area contributed by atoms with Gasteiger partial charge in [0.05, 0.1) is 9.48 Å². The molecule has 0 aliphatic rings. The van der Waals surface area contributed by atoms with E-state index in [1.165, 1.54) is 0 Å². The minimum Gasteiger partial charge on any atom is -0.396 e. The molecule has 0 aromatic carbocycles. The second kappa shape index (κ2) is 7.51. The normalized spacial score (nSPS) is 11.9. The Kier molecular flexibility index (Phi) is 10.9. The first kappa shape index (κ1) is 13.0. The van der Waals surface area contributed by atoms with Gasteiger partial charge in [-0.1, -0.05) is 19.1 Å². The van der Waals surface area contributed by atoms with Crippen molar-refractivity contribution in [2.75, 3.05) is 6.61 Å². The summed E-state index contributed by atoms with van der Waals surface area (Å²) in [6.07, 6.45) is 0.943. The average Bonchev–Trinajstić information content (AvgIpc) is 1.69. The Morgan fingerprint density at radius 1 is 1.78 bits per heavy atom. The molecule has 0 spiro atoms. The fourth-order valence-corrected chi connectivity index (χ4v) is 1.24. The fraction of sp³-hybridized carbons (Fsp3) is 0.800. The molecule has 0 radical (unpaired) electrons. The molecule has 0 rings (SSSR count). The minimum absolute atomic E-state index is 0. The molecular weight excluding hydrogens is 300 g/mol. The molecule has 50 valence electrons. The molecule has 0 bridgehead atoms. The summed E-state index contributed by atoms with van der Waals surface area (Å²) in [5.74, 6) is 0.227. The zero-order chi connectivity index (χ0) is 6.57. The van der Waals surface area contributed by atoms with E-state index in [4.69, 9.17) is 17.3 Å². The van der Waals surface area contributed by atoms with E-state index in [1.807, 2.05) is 6.92 Å². The quantitative estimate of drug-likeness (QED) is 0.371. The summed E-state index contributed by atoms with van der Waals surface area (Å²) in [5, 5.41) is 8.60. The van der Waals surface area contributed by atoms with Crippen molar-refractivity contribution in [3.05, 3.63) is 0 Å². The van der Waals surface area contributed by atoms with E-state index in [2.05, 4.69) is 22.6 Å². The Bertz CT molecular complexity index is 85.0. The number of thiocarbonyl (C=S) groups is 1. The molecule has 9 heavy (non-hydrogen) atoms. The summed E-state index contributed by atoms with van der Waals surface area (Å²) < 4.78 is 0.882. The third kappa shape index (κ3) is 5.83. The van der Waals surface area contributed by atoms with Gasteiger partial charge in [0.25, 0.3) is 0 Å². The average molecular weight is 309 g/mol. The topological polar surface area (TPSA) is 20.2 Å². The van der Waals surface area contributed by atoms with Crippen LogP contribution in [0.5, 0.6) is 0 Å². The molecule has 0 saturated carbocycles. The van der Waals surface area contributed by atoms with Crippen LogP contribution in [0.2, 0.25) is 0 Å².